The van der Waals surface area contributed by atoms with Gasteiger partial charge in [0.15, 0.2) is 0 Å². The van der Waals surface area contributed by atoms with Crippen molar-refractivity contribution in [2.45, 2.75) is 18.9 Å². The quantitative estimate of drug-likeness (QED) is 0.779. The fraction of sp³-hybridized carbons (Fsp3) is 0.286. The summed E-state index contributed by atoms with van der Waals surface area (Å²) in [7, 11) is 0. The lowest BCUT2D eigenvalue weighted by atomic mass is 10.1. The lowest BCUT2D eigenvalue weighted by molar-refractivity contribution is -0.124. The van der Waals surface area contributed by atoms with E-state index in [0.29, 0.717) is 29.2 Å². The Morgan fingerprint density at radius 2 is 1.86 bits per heavy atom. The highest BCUT2D eigenvalue weighted by Crippen LogP contribution is 2.23. The number of ether oxygens (including phenoxy) is 2. The molecule has 0 bridgehead atoms. The number of imide groups is 1. The van der Waals surface area contributed by atoms with Crippen LogP contribution in [-0.4, -0.2) is 48.5 Å². The third-order valence-corrected chi connectivity index (χ3v) is 4.79. The third-order valence-electron chi connectivity index (χ3n) is 4.79. The fourth-order valence-electron chi connectivity index (χ4n) is 3.37. The van der Waals surface area contributed by atoms with Crippen molar-refractivity contribution in [1.29, 1.82) is 0 Å². The Morgan fingerprint density at radius 3 is 2.54 bits per heavy atom. The average molecular weight is 380 g/mol. The van der Waals surface area contributed by atoms with Gasteiger partial charge in [0.1, 0.15) is 18.5 Å². The van der Waals surface area contributed by atoms with Crippen LogP contribution in [0.5, 0.6) is 5.75 Å². The molecule has 2 aliphatic heterocycles. The van der Waals surface area contributed by atoms with Gasteiger partial charge in [0.05, 0.1) is 17.7 Å². The van der Waals surface area contributed by atoms with Crippen LogP contribution in [0, 0.1) is 0 Å². The molecule has 0 saturated carbocycles. The zero-order valence-corrected chi connectivity index (χ0v) is 15.2. The summed E-state index contributed by atoms with van der Waals surface area (Å²) in [5.74, 6) is -0.231. The van der Waals surface area contributed by atoms with Gasteiger partial charge in [0.25, 0.3) is 17.7 Å². The van der Waals surface area contributed by atoms with Gasteiger partial charge in [-0.2, -0.15) is 0 Å². The molecule has 144 valence electrons. The summed E-state index contributed by atoms with van der Waals surface area (Å²) in [6.07, 6.45) is 1.21. The van der Waals surface area contributed by atoms with E-state index in [2.05, 4.69) is 5.32 Å². The molecule has 2 aromatic carbocycles. The second-order valence-electron chi connectivity index (χ2n) is 6.67. The van der Waals surface area contributed by atoms with Crippen molar-refractivity contribution < 1.29 is 23.9 Å². The van der Waals surface area contributed by atoms with Crippen molar-refractivity contribution in [3.05, 3.63) is 59.7 Å². The molecule has 1 saturated heterocycles. The van der Waals surface area contributed by atoms with Crippen LogP contribution in [-0.2, 0) is 9.53 Å². The Hall–Kier alpha value is -3.19. The summed E-state index contributed by atoms with van der Waals surface area (Å²) in [6, 6.07) is 13.8. The molecule has 1 fully saturated rings. The van der Waals surface area contributed by atoms with E-state index in [-0.39, 0.29) is 30.9 Å². The van der Waals surface area contributed by atoms with Crippen LogP contribution in [0.25, 0.3) is 0 Å². The Balaban J connectivity index is 1.33. The molecule has 1 atom stereocenters. The summed E-state index contributed by atoms with van der Waals surface area (Å²) in [6.45, 7) is 0.923. The topological polar surface area (TPSA) is 84.9 Å². The molecule has 0 aliphatic carbocycles. The van der Waals surface area contributed by atoms with Crippen molar-refractivity contribution in [2.75, 3.05) is 25.1 Å². The van der Waals surface area contributed by atoms with Gasteiger partial charge in [0, 0.05) is 18.4 Å². The number of anilines is 1. The molecular formula is C21H20N2O5. The molecule has 0 aromatic heterocycles. The van der Waals surface area contributed by atoms with E-state index in [1.165, 1.54) is 4.90 Å². The molecule has 1 unspecified atom stereocenters. The summed E-state index contributed by atoms with van der Waals surface area (Å²) < 4.78 is 11.1. The smallest absolute Gasteiger partial charge is 0.261 e. The Kier molecular flexibility index (Phi) is 5.08. The van der Waals surface area contributed by atoms with Gasteiger partial charge in [0.2, 0.25) is 0 Å². The molecule has 2 aliphatic rings. The van der Waals surface area contributed by atoms with Crippen LogP contribution in [0.3, 0.4) is 0 Å². The monoisotopic (exact) mass is 380 g/mol. The SMILES string of the molecule is O=C(Nc1cccc(OCCN2C(=O)c3ccccc3C2=O)c1)C1CCCO1. The molecule has 1 N–H and O–H groups in total. The molecule has 7 nitrogen and oxygen atoms in total. The van der Waals surface area contributed by atoms with Gasteiger partial charge < -0.3 is 14.8 Å². The molecule has 0 spiro atoms. The van der Waals surface area contributed by atoms with Gasteiger partial charge in [-0.25, -0.2) is 0 Å². The minimum Gasteiger partial charge on any atom is -0.492 e. The lowest BCUT2D eigenvalue weighted by Crippen LogP contribution is -2.33. The summed E-state index contributed by atoms with van der Waals surface area (Å²) in [5.41, 5.74) is 1.46. The van der Waals surface area contributed by atoms with Crippen LogP contribution in [0.4, 0.5) is 5.69 Å². The van der Waals surface area contributed by atoms with Crippen LogP contribution < -0.4 is 10.1 Å². The van der Waals surface area contributed by atoms with Gasteiger partial charge in [-0.15, -0.1) is 0 Å². The van der Waals surface area contributed by atoms with Gasteiger partial charge in [-0.1, -0.05) is 18.2 Å². The number of nitrogens with zero attached hydrogens (tertiary/aromatic N) is 1. The molecule has 4 rings (SSSR count). The Bertz CT molecular complexity index is 886. The second kappa shape index (κ2) is 7.82. The first-order valence-electron chi connectivity index (χ1n) is 9.24. The van der Waals surface area contributed by atoms with E-state index < -0.39 is 6.10 Å². The third kappa shape index (κ3) is 3.61. The highest BCUT2D eigenvalue weighted by atomic mass is 16.5. The van der Waals surface area contributed by atoms with E-state index >= 15 is 0 Å². The molecule has 7 heteroatoms. The molecule has 0 radical (unpaired) electrons. The maximum atomic E-state index is 12.3. The predicted molar refractivity (Wildman–Crippen MR) is 101 cm³/mol. The summed E-state index contributed by atoms with van der Waals surface area (Å²) >= 11 is 0. The first kappa shape index (κ1) is 18.2. The van der Waals surface area contributed by atoms with Gasteiger partial charge in [-0.05, 0) is 37.1 Å². The van der Waals surface area contributed by atoms with Crippen molar-refractivity contribution >= 4 is 23.4 Å². The van der Waals surface area contributed by atoms with Gasteiger partial charge in [-0.3, -0.25) is 19.3 Å². The van der Waals surface area contributed by atoms with Crippen LogP contribution >= 0.6 is 0 Å². The molecule has 2 heterocycles. The summed E-state index contributed by atoms with van der Waals surface area (Å²) in [5, 5.41) is 2.82. The molecular weight excluding hydrogens is 360 g/mol. The first-order chi connectivity index (χ1) is 13.6. The zero-order chi connectivity index (χ0) is 19.5. The average Bonchev–Trinajstić information content (AvgIpc) is 3.32. The highest BCUT2D eigenvalue weighted by Gasteiger charge is 2.34. The minimum absolute atomic E-state index is 0.152. The zero-order valence-electron chi connectivity index (χ0n) is 15.2. The van der Waals surface area contributed by atoms with Crippen LogP contribution in [0.1, 0.15) is 33.6 Å². The van der Waals surface area contributed by atoms with E-state index in [1.54, 1.807) is 48.5 Å². The van der Waals surface area contributed by atoms with Crippen LogP contribution in [0.2, 0.25) is 0 Å². The number of fused-ring (bicyclic) bond motifs is 1. The lowest BCUT2D eigenvalue weighted by Gasteiger charge is -2.15. The van der Waals surface area contributed by atoms with E-state index in [0.717, 1.165) is 12.8 Å². The fourth-order valence-corrected chi connectivity index (χ4v) is 3.37. The largest absolute Gasteiger partial charge is 0.492 e. The number of carbonyl (C=O) groups is 3. The van der Waals surface area contributed by atoms with Crippen LogP contribution in [0.15, 0.2) is 48.5 Å². The first-order valence-corrected chi connectivity index (χ1v) is 9.24. The van der Waals surface area contributed by atoms with Crippen molar-refractivity contribution in [3.63, 3.8) is 0 Å². The highest BCUT2D eigenvalue weighted by molar-refractivity contribution is 6.21. The number of hydrogen-bond donors (Lipinski definition) is 1. The van der Waals surface area contributed by atoms with E-state index in [9.17, 15) is 14.4 Å². The summed E-state index contributed by atoms with van der Waals surface area (Å²) in [4.78, 5) is 38.0. The maximum absolute atomic E-state index is 12.3. The number of rotatable bonds is 6. The number of carbonyl (C=O) groups excluding carboxylic acids is 3. The van der Waals surface area contributed by atoms with Crippen molar-refractivity contribution in [3.8, 4) is 5.75 Å². The Morgan fingerprint density at radius 1 is 1.11 bits per heavy atom. The molecule has 3 amide bonds. The maximum Gasteiger partial charge on any atom is 0.261 e. The van der Waals surface area contributed by atoms with E-state index in [4.69, 9.17) is 9.47 Å². The van der Waals surface area contributed by atoms with Gasteiger partial charge >= 0.3 is 0 Å². The molecule has 2 aromatic rings. The van der Waals surface area contributed by atoms with Crippen molar-refractivity contribution in [2.24, 2.45) is 0 Å². The normalized spacial score (nSPS) is 18.3. The standard InChI is InChI=1S/C21H20N2O5/c24-19(18-9-4-11-28-18)22-14-5-3-6-15(13-14)27-12-10-23-20(25)16-7-1-2-8-17(16)21(23)26/h1-3,5-8,13,18H,4,9-12H2,(H,22,24). The second-order valence-corrected chi connectivity index (χ2v) is 6.67. The predicted octanol–water partition coefficient (Wildman–Crippen LogP) is 2.48. The Labute approximate surface area is 162 Å². The number of amides is 3. The van der Waals surface area contributed by atoms with Crippen molar-refractivity contribution in [1.82, 2.24) is 4.90 Å². The van der Waals surface area contributed by atoms with E-state index in [1.807, 2.05) is 0 Å². The molecule has 28 heavy (non-hydrogen) atoms. The minimum atomic E-state index is -0.404. The number of hydrogen-bond acceptors (Lipinski definition) is 5. The number of benzene rings is 2. The number of nitrogens with one attached hydrogen (secondary N) is 1.